The molecule has 0 aromatic rings. The lowest BCUT2D eigenvalue weighted by atomic mass is 10.0. The van der Waals surface area contributed by atoms with Crippen molar-refractivity contribution in [2.75, 3.05) is 0 Å². The van der Waals surface area contributed by atoms with Crippen LogP contribution in [-0.2, 0) is 4.79 Å². The average molecular weight is 331 g/mol. The van der Waals surface area contributed by atoms with Crippen LogP contribution in [0.25, 0.3) is 0 Å². The minimum Gasteiger partial charge on any atom is -0.481 e. The highest BCUT2D eigenvalue weighted by atomic mass is 16.4. The first kappa shape index (κ1) is 22.2. The number of carboxylic acid groups (broad SMARTS) is 1. The monoisotopic (exact) mass is 330 g/mol. The molecule has 0 amide bonds. The van der Waals surface area contributed by atoms with Crippen LogP contribution in [0.1, 0.15) is 65.2 Å². The van der Waals surface area contributed by atoms with Crippen LogP contribution in [0, 0.1) is 5.92 Å². The molecule has 1 atom stereocenters. The fourth-order valence-corrected chi connectivity index (χ4v) is 2.11. The molecule has 134 valence electrons. The Balaban J connectivity index is 3.60. The molecule has 0 fully saturated rings. The van der Waals surface area contributed by atoms with Crippen molar-refractivity contribution in [3.05, 3.63) is 60.8 Å². The van der Waals surface area contributed by atoms with Gasteiger partial charge < -0.3 is 5.11 Å². The van der Waals surface area contributed by atoms with Crippen LogP contribution >= 0.6 is 0 Å². The van der Waals surface area contributed by atoms with Gasteiger partial charge >= 0.3 is 5.97 Å². The zero-order valence-electron chi connectivity index (χ0n) is 15.4. The molecule has 0 saturated heterocycles. The molecule has 0 spiro atoms. The number of carbonyl (C=O) groups is 1. The second kappa shape index (κ2) is 17.5. The number of aliphatic carboxylic acids is 1. The number of carboxylic acids is 1. The molecule has 0 aliphatic heterocycles. The van der Waals surface area contributed by atoms with Gasteiger partial charge in [-0.1, -0.05) is 74.6 Å². The van der Waals surface area contributed by atoms with E-state index in [2.05, 4.69) is 61.6 Å². The van der Waals surface area contributed by atoms with E-state index in [4.69, 9.17) is 5.11 Å². The van der Waals surface area contributed by atoms with Gasteiger partial charge in [0.2, 0.25) is 0 Å². The van der Waals surface area contributed by atoms with Gasteiger partial charge in [0.05, 0.1) is 5.92 Å². The lowest BCUT2D eigenvalue weighted by Gasteiger charge is -2.04. The SMILES string of the molecule is CC/C=C\C/C=C\C/C=C\C/C=C\CC/C=C/CC(CC)C(=O)O. The Kier molecular flexibility index (Phi) is 16.2. The molecule has 24 heavy (non-hydrogen) atoms. The molecular formula is C22H34O2. The quantitative estimate of drug-likeness (QED) is 0.287. The summed E-state index contributed by atoms with van der Waals surface area (Å²) in [6.07, 6.45) is 29.1. The second-order valence-corrected chi connectivity index (χ2v) is 5.73. The van der Waals surface area contributed by atoms with Gasteiger partial charge in [0.1, 0.15) is 0 Å². The van der Waals surface area contributed by atoms with Crippen molar-refractivity contribution in [2.45, 2.75) is 65.2 Å². The highest BCUT2D eigenvalue weighted by Crippen LogP contribution is 2.09. The first-order valence-corrected chi connectivity index (χ1v) is 9.20. The van der Waals surface area contributed by atoms with E-state index in [0.717, 1.165) is 38.5 Å². The standard InChI is InChI=1S/C22H34O2/c1-3-5-6-7-8-9-10-11-12-13-14-15-16-17-18-19-20-21(4-2)22(23)24/h5-6,8-9,11-12,14-15,18-19,21H,3-4,7,10,13,16-17,20H2,1-2H3,(H,23,24)/b6-5-,9-8-,12-11-,15-14-,19-18+. The van der Waals surface area contributed by atoms with Gasteiger partial charge in [-0.15, -0.1) is 0 Å². The minimum atomic E-state index is -0.693. The summed E-state index contributed by atoms with van der Waals surface area (Å²) < 4.78 is 0. The maximum absolute atomic E-state index is 10.9. The van der Waals surface area contributed by atoms with Crippen molar-refractivity contribution in [2.24, 2.45) is 5.92 Å². The summed E-state index contributed by atoms with van der Waals surface area (Å²) in [5.74, 6) is -0.931. The van der Waals surface area contributed by atoms with Crippen LogP contribution in [0.15, 0.2) is 60.8 Å². The smallest absolute Gasteiger partial charge is 0.306 e. The molecule has 0 radical (unpaired) electrons. The van der Waals surface area contributed by atoms with Gasteiger partial charge in [-0.2, -0.15) is 0 Å². The van der Waals surface area contributed by atoms with Crippen molar-refractivity contribution < 1.29 is 9.90 Å². The van der Waals surface area contributed by atoms with Gasteiger partial charge in [-0.25, -0.2) is 0 Å². The fraction of sp³-hybridized carbons (Fsp3) is 0.500. The Hall–Kier alpha value is -1.83. The summed E-state index contributed by atoms with van der Waals surface area (Å²) in [7, 11) is 0. The molecule has 0 heterocycles. The second-order valence-electron chi connectivity index (χ2n) is 5.73. The Morgan fingerprint density at radius 1 is 0.750 bits per heavy atom. The van der Waals surface area contributed by atoms with E-state index in [1.807, 2.05) is 13.0 Å². The largest absolute Gasteiger partial charge is 0.481 e. The topological polar surface area (TPSA) is 37.3 Å². The van der Waals surface area contributed by atoms with Gasteiger partial charge in [-0.3, -0.25) is 4.79 Å². The molecule has 1 N–H and O–H groups in total. The molecular weight excluding hydrogens is 296 g/mol. The van der Waals surface area contributed by atoms with Crippen LogP contribution in [-0.4, -0.2) is 11.1 Å². The summed E-state index contributed by atoms with van der Waals surface area (Å²) in [6, 6.07) is 0. The van der Waals surface area contributed by atoms with E-state index in [0.29, 0.717) is 12.8 Å². The summed E-state index contributed by atoms with van der Waals surface area (Å²) in [5.41, 5.74) is 0. The Morgan fingerprint density at radius 3 is 1.67 bits per heavy atom. The van der Waals surface area contributed by atoms with Crippen molar-refractivity contribution in [3.63, 3.8) is 0 Å². The first-order chi connectivity index (χ1) is 11.7. The maximum atomic E-state index is 10.9. The van der Waals surface area contributed by atoms with Crippen LogP contribution in [0.3, 0.4) is 0 Å². The van der Waals surface area contributed by atoms with Gasteiger partial charge in [0, 0.05) is 0 Å². The van der Waals surface area contributed by atoms with E-state index in [9.17, 15) is 4.79 Å². The summed E-state index contributed by atoms with van der Waals surface area (Å²) >= 11 is 0. The predicted molar refractivity (Wildman–Crippen MR) is 105 cm³/mol. The third-order valence-corrected chi connectivity index (χ3v) is 3.65. The van der Waals surface area contributed by atoms with Crippen molar-refractivity contribution in [3.8, 4) is 0 Å². The normalized spacial score (nSPS) is 14.1. The van der Waals surface area contributed by atoms with Gasteiger partial charge in [-0.05, 0) is 51.4 Å². The van der Waals surface area contributed by atoms with Crippen molar-refractivity contribution >= 4 is 5.97 Å². The van der Waals surface area contributed by atoms with Crippen LogP contribution in [0.5, 0.6) is 0 Å². The van der Waals surface area contributed by atoms with Crippen molar-refractivity contribution in [1.82, 2.24) is 0 Å². The van der Waals surface area contributed by atoms with Crippen LogP contribution in [0.2, 0.25) is 0 Å². The first-order valence-electron chi connectivity index (χ1n) is 9.20. The molecule has 0 rings (SSSR count). The molecule has 0 aliphatic rings. The maximum Gasteiger partial charge on any atom is 0.306 e. The summed E-state index contributed by atoms with van der Waals surface area (Å²) in [6.45, 7) is 4.07. The summed E-state index contributed by atoms with van der Waals surface area (Å²) in [5, 5.41) is 8.94. The van der Waals surface area contributed by atoms with E-state index >= 15 is 0 Å². The Morgan fingerprint density at radius 2 is 1.21 bits per heavy atom. The zero-order valence-corrected chi connectivity index (χ0v) is 15.4. The zero-order chi connectivity index (χ0) is 17.9. The highest BCUT2D eigenvalue weighted by molar-refractivity contribution is 5.70. The number of allylic oxidation sites excluding steroid dienone is 10. The number of hydrogen-bond donors (Lipinski definition) is 1. The number of hydrogen-bond acceptors (Lipinski definition) is 1. The van der Waals surface area contributed by atoms with E-state index in [1.165, 1.54) is 0 Å². The van der Waals surface area contributed by atoms with E-state index < -0.39 is 5.97 Å². The molecule has 2 nitrogen and oxygen atoms in total. The number of unbranched alkanes of at least 4 members (excludes halogenated alkanes) is 1. The van der Waals surface area contributed by atoms with Crippen LogP contribution < -0.4 is 0 Å². The molecule has 1 unspecified atom stereocenters. The molecule has 0 aliphatic carbocycles. The lowest BCUT2D eigenvalue weighted by molar-refractivity contribution is -0.141. The van der Waals surface area contributed by atoms with Gasteiger partial charge in [0.25, 0.3) is 0 Å². The fourth-order valence-electron chi connectivity index (χ4n) is 2.11. The summed E-state index contributed by atoms with van der Waals surface area (Å²) in [4.78, 5) is 10.9. The Labute approximate surface area is 148 Å². The predicted octanol–water partition coefficient (Wildman–Crippen LogP) is 6.63. The van der Waals surface area contributed by atoms with Gasteiger partial charge in [0.15, 0.2) is 0 Å². The molecule has 0 bridgehead atoms. The van der Waals surface area contributed by atoms with E-state index in [1.54, 1.807) is 0 Å². The minimum absolute atomic E-state index is 0.237. The molecule has 0 aromatic carbocycles. The van der Waals surface area contributed by atoms with Crippen molar-refractivity contribution in [1.29, 1.82) is 0 Å². The van der Waals surface area contributed by atoms with E-state index in [-0.39, 0.29) is 5.92 Å². The average Bonchev–Trinajstić information content (AvgIpc) is 2.57. The molecule has 2 heteroatoms. The Bertz CT molecular complexity index is 439. The highest BCUT2D eigenvalue weighted by Gasteiger charge is 2.11. The molecule has 0 aromatic heterocycles. The third-order valence-electron chi connectivity index (χ3n) is 3.65. The lowest BCUT2D eigenvalue weighted by Crippen LogP contribution is -2.11. The number of rotatable bonds is 14. The third kappa shape index (κ3) is 15.1. The molecule has 0 saturated carbocycles. The van der Waals surface area contributed by atoms with Crippen LogP contribution in [0.4, 0.5) is 0 Å².